The Labute approximate surface area is 144 Å². The van der Waals surface area contributed by atoms with Gasteiger partial charge in [0.05, 0.1) is 24.5 Å². The molecule has 0 radical (unpaired) electrons. The van der Waals surface area contributed by atoms with Gasteiger partial charge < -0.3 is 18.6 Å². The molecule has 0 amide bonds. The van der Waals surface area contributed by atoms with E-state index in [4.69, 9.17) is 18.6 Å². The van der Waals surface area contributed by atoms with Crippen LogP contribution in [0.2, 0.25) is 0 Å². The molecule has 0 saturated carbocycles. The molecular formula is C20H18O5. The number of benzene rings is 2. The maximum atomic E-state index is 13.1. The number of epoxide rings is 1. The summed E-state index contributed by atoms with van der Waals surface area (Å²) in [5.74, 6) is 1.34. The summed E-state index contributed by atoms with van der Waals surface area (Å²) in [6.07, 6.45) is 0.623. The van der Waals surface area contributed by atoms with Gasteiger partial charge >= 0.3 is 0 Å². The van der Waals surface area contributed by atoms with Gasteiger partial charge in [-0.25, -0.2) is 0 Å². The first-order chi connectivity index (χ1) is 12.0. The third kappa shape index (κ3) is 1.96. The van der Waals surface area contributed by atoms with Crippen molar-refractivity contribution >= 4 is 21.9 Å². The molecule has 2 aromatic carbocycles. The van der Waals surface area contributed by atoms with E-state index in [1.54, 1.807) is 25.3 Å². The summed E-state index contributed by atoms with van der Waals surface area (Å²) in [4.78, 5) is 13.1. The minimum absolute atomic E-state index is 0.0345. The third-order valence-electron chi connectivity index (χ3n) is 5.35. The Kier molecular flexibility index (Phi) is 2.82. The number of fused-ring (bicyclic) bond motifs is 4. The fraction of sp³-hybridized carbons (Fsp3) is 0.350. The first-order valence-electron chi connectivity index (χ1n) is 8.38. The molecule has 1 aromatic heterocycles. The summed E-state index contributed by atoms with van der Waals surface area (Å²) < 4.78 is 23.3. The number of rotatable bonds is 2. The van der Waals surface area contributed by atoms with Crippen molar-refractivity contribution in [2.24, 2.45) is 0 Å². The van der Waals surface area contributed by atoms with E-state index in [9.17, 15) is 4.79 Å². The van der Waals surface area contributed by atoms with Crippen molar-refractivity contribution in [1.29, 1.82) is 0 Å². The van der Waals surface area contributed by atoms with Gasteiger partial charge in [-0.3, -0.25) is 4.79 Å². The van der Waals surface area contributed by atoms with Gasteiger partial charge in [-0.05, 0) is 37.6 Å². The monoisotopic (exact) mass is 338 g/mol. The van der Waals surface area contributed by atoms with E-state index in [1.165, 1.54) is 0 Å². The molecule has 3 aromatic rings. The van der Waals surface area contributed by atoms with E-state index in [2.05, 4.69) is 0 Å². The van der Waals surface area contributed by atoms with E-state index in [-0.39, 0.29) is 17.1 Å². The summed E-state index contributed by atoms with van der Waals surface area (Å²) in [5.41, 5.74) is 2.60. The van der Waals surface area contributed by atoms with Crippen LogP contribution in [0.1, 0.15) is 18.1 Å². The van der Waals surface area contributed by atoms with Crippen LogP contribution in [0.15, 0.2) is 33.5 Å². The predicted octanol–water partition coefficient (Wildman–Crippen LogP) is 3.36. The number of para-hydroxylation sites is 1. The lowest BCUT2D eigenvalue weighted by molar-refractivity contribution is 0.127. The van der Waals surface area contributed by atoms with Crippen LogP contribution < -0.4 is 14.9 Å². The first-order valence-corrected chi connectivity index (χ1v) is 8.38. The van der Waals surface area contributed by atoms with E-state index in [1.807, 2.05) is 19.9 Å². The molecule has 0 N–H and O–H groups in total. The summed E-state index contributed by atoms with van der Waals surface area (Å²) in [5, 5.41) is 1.15. The highest BCUT2D eigenvalue weighted by Crippen LogP contribution is 2.44. The standard InChI is InChI=1S/C20H18O5/c1-10-7-14-12(8-15(24-14)20(2)9-23-20)19-16(10)17(21)11-5-4-6-13(22-3)18(11)25-19/h4-7,15H,8-9H2,1-3H3/t15-,20-/m1/s1. The van der Waals surface area contributed by atoms with Crippen molar-refractivity contribution in [3.05, 3.63) is 45.6 Å². The van der Waals surface area contributed by atoms with Gasteiger partial charge in [-0.2, -0.15) is 0 Å². The van der Waals surface area contributed by atoms with Crippen molar-refractivity contribution in [1.82, 2.24) is 0 Å². The Morgan fingerprint density at radius 1 is 1.28 bits per heavy atom. The van der Waals surface area contributed by atoms with Gasteiger partial charge in [0.15, 0.2) is 11.3 Å². The maximum absolute atomic E-state index is 13.1. The number of methoxy groups -OCH3 is 1. The SMILES string of the molecule is COc1cccc2c(=O)c3c(C)cc4c(c3oc12)C[C@H]([C@@]1(C)CO1)O4. The zero-order valence-electron chi connectivity index (χ0n) is 14.3. The van der Waals surface area contributed by atoms with Crippen LogP contribution in [0.4, 0.5) is 0 Å². The van der Waals surface area contributed by atoms with Crippen LogP contribution in [0.3, 0.4) is 0 Å². The zero-order chi connectivity index (χ0) is 17.3. The highest BCUT2D eigenvalue weighted by molar-refractivity contribution is 5.96. The van der Waals surface area contributed by atoms with E-state index in [0.717, 1.165) is 16.9 Å². The third-order valence-corrected chi connectivity index (χ3v) is 5.35. The molecule has 25 heavy (non-hydrogen) atoms. The molecule has 0 aliphatic carbocycles. The van der Waals surface area contributed by atoms with Gasteiger partial charge in [0, 0.05) is 12.0 Å². The van der Waals surface area contributed by atoms with Crippen molar-refractivity contribution in [3.63, 3.8) is 0 Å². The molecule has 2 aliphatic rings. The van der Waals surface area contributed by atoms with E-state index in [0.29, 0.717) is 40.7 Å². The average Bonchev–Trinajstić information content (AvgIpc) is 3.20. The molecule has 5 nitrogen and oxygen atoms in total. The summed E-state index contributed by atoms with van der Waals surface area (Å²) in [6, 6.07) is 7.31. The highest BCUT2D eigenvalue weighted by Gasteiger charge is 2.51. The fourth-order valence-electron chi connectivity index (χ4n) is 3.71. The molecule has 128 valence electrons. The van der Waals surface area contributed by atoms with Crippen LogP contribution in [-0.2, 0) is 11.2 Å². The van der Waals surface area contributed by atoms with Crippen LogP contribution in [-0.4, -0.2) is 25.4 Å². The molecule has 5 rings (SSSR count). The van der Waals surface area contributed by atoms with Gasteiger partial charge in [0.1, 0.15) is 23.0 Å². The number of ether oxygens (including phenoxy) is 3. The van der Waals surface area contributed by atoms with Crippen LogP contribution in [0.5, 0.6) is 11.5 Å². The summed E-state index contributed by atoms with van der Waals surface area (Å²) >= 11 is 0. The van der Waals surface area contributed by atoms with Crippen molar-refractivity contribution < 1.29 is 18.6 Å². The first kappa shape index (κ1) is 14.8. The lowest BCUT2D eigenvalue weighted by Crippen LogP contribution is -2.30. The molecule has 0 spiro atoms. The molecule has 0 bridgehead atoms. The second-order valence-electron chi connectivity index (χ2n) is 7.05. The van der Waals surface area contributed by atoms with Crippen molar-refractivity contribution in [3.8, 4) is 11.5 Å². The lowest BCUT2D eigenvalue weighted by atomic mass is 9.97. The Morgan fingerprint density at radius 3 is 2.80 bits per heavy atom. The summed E-state index contributed by atoms with van der Waals surface area (Å²) in [7, 11) is 1.57. The average molecular weight is 338 g/mol. The second kappa shape index (κ2) is 4.76. The lowest BCUT2D eigenvalue weighted by Gasteiger charge is -2.14. The maximum Gasteiger partial charge on any atom is 0.200 e. The van der Waals surface area contributed by atoms with E-state index < -0.39 is 0 Å². The van der Waals surface area contributed by atoms with Crippen LogP contribution in [0, 0.1) is 6.92 Å². The predicted molar refractivity (Wildman–Crippen MR) is 93.8 cm³/mol. The molecule has 3 heterocycles. The Bertz CT molecular complexity index is 1090. The van der Waals surface area contributed by atoms with Crippen LogP contribution in [0.25, 0.3) is 21.9 Å². The number of hydrogen-bond donors (Lipinski definition) is 0. The van der Waals surface area contributed by atoms with Crippen molar-refractivity contribution in [2.45, 2.75) is 32.0 Å². The molecule has 0 unspecified atom stereocenters. The van der Waals surface area contributed by atoms with Gasteiger partial charge in [-0.1, -0.05) is 6.07 Å². The molecule has 2 aliphatic heterocycles. The zero-order valence-corrected chi connectivity index (χ0v) is 14.3. The fourth-order valence-corrected chi connectivity index (χ4v) is 3.71. The van der Waals surface area contributed by atoms with Gasteiger partial charge in [-0.15, -0.1) is 0 Å². The Balaban J connectivity index is 1.84. The second-order valence-corrected chi connectivity index (χ2v) is 7.05. The topological polar surface area (TPSA) is 61.2 Å². The largest absolute Gasteiger partial charge is 0.493 e. The minimum Gasteiger partial charge on any atom is -0.493 e. The number of hydrogen-bond acceptors (Lipinski definition) is 5. The normalized spacial score (nSPS) is 24.4. The molecule has 1 fully saturated rings. The minimum atomic E-state index is -0.242. The van der Waals surface area contributed by atoms with Crippen LogP contribution >= 0.6 is 0 Å². The van der Waals surface area contributed by atoms with Crippen molar-refractivity contribution in [2.75, 3.05) is 13.7 Å². The molecule has 5 heteroatoms. The quantitative estimate of drug-likeness (QED) is 0.530. The Hall–Kier alpha value is -2.53. The Morgan fingerprint density at radius 2 is 2.08 bits per heavy atom. The van der Waals surface area contributed by atoms with Gasteiger partial charge in [0.2, 0.25) is 5.43 Å². The highest BCUT2D eigenvalue weighted by atomic mass is 16.6. The molecule has 1 saturated heterocycles. The van der Waals surface area contributed by atoms with Gasteiger partial charge in [0.25, 0.3) is 0 Å². The van der Waals surface area contributed by atoms with E-state index >= 15 is 0 Å². The molecule has 2 atom stereocenters. The molecular weight excluding hydrogens is 320 g/mol. The number of aryl methyl sites for hydroxylation is 1. The smallest absolute Gasteiger partial charge is 0.200 e. The summed E-state index contributed by atoms with van der Waals surface area (Å²) in [6.45, 7) is 4.66.